The molecular weight excluding hydrogens is 510 g/mol. The van der Waals surface area contributed by atoms with Crippen molar-refractivity contribution in [3.05, 3.63) is 45.7 Å². The highest BCUT2D eigenvalue weighted by Gasteiger charge is 2.63. The number of benzene rings is 1. The third kappa shape index (κ3) is 5.47. The summed E-state index contributed by atoms with van der Waals surface area (Å²) >= 11 is 1.61. The number of fused-ring (bicyclic) bond motifs is 1. The van der Waals surface area contributed by atoms with Gasteiger partial charge in [-0.3, -0.25) is 0 Å². The van der Waals surface area contributed by atoms with E-state index in [9.17, 15) is 27.5 Å². The summed E-state index contributed by atoms with van der Waals surface area (Å²) in [5, 5.41) is 13.2. The van der Waals surface area contributed by atoms with Crippen LogP contribution >= 0.6 is 11.3 Å². The summed E-state index contributed by atoms with van der Waals surface area (Å²) in [6.45, 7) is 2.92. The number of halogens is 4. The van der Waals surface area contributed by atoms with Gasteiger partial charge in [0.15, 0.2) is 0 Å². The number of aromatic nitrogens is 1. The van der Waals surface area contributed by atoms with Gasteiger partial charge in [-0.1, -0.05) is 0 Å². The average molecular weight is 542 g/mol. The minimum atomic E-state index is -4.86. The SMILES string of the molecule is NCc1ncc([C@@]23CC2C[C@H](N(CCCN2CC[C@@H](O)C2)C(=O)Nc2ccc(F)c(C(F)(F)F)c2)C3)s1. The molecule has 1 aliphatic heterocycles. The first-order valence-electron chi connectivity index (χ1n) is 12.6. The van der Waals surface area contributed by atoms with E-state index in [1.54, 1.807) is 16.2 Å². The molecule has 202 valence electrons. The molecule has 0 spiro atoms. The fraction of sp³-hybridized carbons (Fsp3) is 0.600. The summed E-state index contributed by atoms with van der Waals surface area (Å²) in [4.78, 5) is 22.8. The zero-order chi connectivity index (χ0) is 26.4. The number of nitrogens with zero attached hydrogens (tertiary/aromatic N) is 3. The number of nitrogens with two attached hydrogens (primary N) is 1. The minimum Gasteiger partial charge on any atom is -0.392 e. The number of carbonyl (C=O) groups is 1. The average Bonchev–Trinajstić information content (AvgIpc) is 3.25. The van der Waals surface area contributed by atoms with Crippen molar-refractivity contribution in [2.75, 3.05) is 31.5 Å². The number of urea groups is 1. The molecule has 4 atom stereocenters. The van der Waals surface area contributed by atoms with Crippen LogP contribution in [0.4, 0.5) is 28.0 Å². The Hall–Kier alpha value is -2.28. The van der Waals surface area contributed by atoms with Gasteiger partial charge < -0.3 is 26.0 Å². The van der Waals surface area contributed by atoms with Crippen LogP contribution in [0.5, 0.6) is 0 Å². The van der Waals surface area contributed by atoms with E-state index >= 15 is 0 Å². The van der Waals surface area contributed by atoms with Gasteiger partial charge in [-0.05, 0) is 62.8 Å². The Morgan fingerprint density at radius 1 is 1.35 bits per heavy atom. The van der Waals surface area contributed by atoms with Crippen LogP contribution in [0.3, 0.4) is 0 Å². The summed E-state index contributed by atoms with van der Waals surface area (Å²) in [6.07, 6.45) is 0.687. The second kappa shape index (κ2) is 10.1. The van der Waals surface area contributed by atoms with Crippen LogP contribution in [0.1, 0.15) is 47.6 Å². The predicted octanol–water partition coefficient (Wildman–Crippen LogP) is 4.17. The molecule has 1 saturated heterocycles. The molecule has 1 aromatic carbocycles. The van der Waals surface area contributed by atoms with Crippen molar-refractivity contribution >= 4 is 23.1 Å². The first-order valence-corrected chi connectivity index (χ1v) is 13.4. The normalized spacial score (nSPS) is 27.4. The van der Waals surface area contributed by atoms with Crippen molar-refractivity contribution < 1.29 is 27.5 Å². The van der Waals surface area contributed by atoms with Crippen LogP contribution in [0.2, 0.25) is 0 Å². The van der Waals surface area contributed by atoms with Crippen LogP contribution in [0.15, 0.2) is 24.4 Å². The summed E-state index contributed by atoms with van der Waals surface area (Å²) in [6, 6.07) is 1.94. The number of aliphatic hydroxyl groups is 1. The Bertz CT molecular complexity index is 1140. The maximum absolute atomic E-state index is 13.8. The van der Waals surface area contributed by atoms with Crippen molar-refractivity contribution in [2.45, 2.75) is 62.4 Å². The second-order valence-corrected chi connectivity index (χ2v) is 11.5. The van der Waals surface area contributed by atoms with Gasteiger partial charge in [0.1, 0.15) is 10.8 Å². The lowest BCUT2D eigenvalue weighted by molar-refractivity contribution is -0.139. The van der Waals surface area contributed by atoms with Crippen LogP contribution in [0.25, 0.3) is 0 Å². The number of nitrogens with one attached hydrogen (secondary N) is 1. The van der Waals surface area contributed by atoms with Crippen LogP contribution < -0.4 is 11.1 Å². The molecule has 2 amide bonds. The van der Waals surface area contributed by atoms with Gasteiger partial charge in [0.2, 0.25) is 0 Å². The smallest absolute Gasteiger partial charge is 0.392 e. The lowest BCUT2D eigenvalue weighted by Crippen LogP contribution is -2.44. The Morgan fingerprint density at radius 3 is 2.84 bits per heavy atom. The number of aliphatic hydroxyl groups excluding tert-OH is 1. The molecular formula is C25H31F4N5O2S. The molecule has 5 rings (SSSR count). The van der Waals surface area contributed by atoms with Gasteiger partial charge in [0, 0.05) is 54.4 Å². The molecule has 7 nitrogen and oxygen atoms in total. The molecule has 1 unspecified atom stereocenters. The number of rotatable bonds is 8. The number of hydrogen-bond acceptors (Lipinski definition) is 6. The van der Waals surface area contributed by atoms with Crippen molar-refractivity contribution in [1.82, 2.24) is 14.8 Å². The number of amides is 2. The summed E-state index contributed by atoms with van der Waals surface area (Å²) < 4.78 is 53.3. The zero-order valence-electron chi connectivity index (χ0n) is 20.3. The molecule has 2 heterocycles. The van der Waals surface area contributed by atoms with Crippen LogP contribution in [0, 0.1) is 11.7 Å². The molecule has 4 N–H and O–H groups in total. The minimum absolute atomic E-state index is 0.0212. The van der Waals surface area contributed by atoms with E-state index in [0.717, 1.165) is 49.4 Å². The molecule has 2 aromatic rings. The molecule has 3 aliphatic rings. The van der Waals surface area contributed by atoms with Gasteiger partial charge in [-0.15, -0.1) is 11.3 Å². The number of β-amino-alcohol motifs (C(OH)–C–C–N with tert-alkyl or cyclic N) is 1. The van der Waals surface area contributed by atoms with Gasteiger partial charge in [-0.25, -0.2) is 14.2 Å². The highest BCUT2D eigenvalue weighted by molar-refractivity contribution is 7.11. The lowest BCUT2D eigenvalue weighted by atomic mass is 10.00. The Balaban J connectivity index is 1.31. The van der Waals surface area contributed by atoms with Crippen molar-refractivity contribution in [3.63, 3.8) is 0 Å². The van der Waals surface area contributed by atoms with E-state index in [-0.39, 0.29) is 23.2 Å². The first kappa shape index (κ1) is 26.3. The van der Waals surface area contributed by atoms with E-state index in [1.165, 1.54) is 4.88 Å². The Kier molecular flexibility index (Phi) is 7.20. The second-order valence-electron chi connectivity index (χ2n) is 10.4. The monoisotopic (exact) mass is 541 g/mol. The van der Waals surface area contributed by atoms with Gasteiger partial charge in [0.25, 0.3) is 0 Å². The third-order valence-corrected chi connectivity index (χ3v) is 9.19. The zero-order valence-corrected chi connectivity index (χ0v) is 21.1. The number of anilines is 1. The van der Waals surface area contributed by atoms with E-state index < -0.39 is 23.6 Å². The van der Waals surface area contributed by atoms with E-state index in [4.69, 9.17) is 5.73 Å². The molecule has 37 heavy (non-hydrogen) atoms. The molecule has 1 aromatic heterocycles. The fourth-order valence-corrected chi connectivity index (χ4v) is 7.08. The van der Waals surface area contributed by atoms with E-state index in [1.807, 2.05) is 6.20 Å². The number of carbonyl (C=O) groups excluding carboxylic acids is 1. The Labute approximate surface area is 216 Å². The highest BCUT2D eigenvalue weighted by Crippen LogP contribution is 2.66. The van der Waals surface area contributed by atoms with E-state index in [0.29, 0.717) is 44.6 Å². The molecule has 0 radical (unpaired) electrons. The lowest BCUT2D eigenvalue weighted by Gasteiger charge is -2.32. The predicted molar refractivity (Wildman–Crippen MR) is 132 cm³/mol. The standard InChI is InChI=1S/C25H31F4N5O2S/c26-20-3-2-16(9-19(20)25(27,28)29)32-23(36)34(6-1-5-33-7-4-18(35)14-33)17-8-15-10-24(15,11-17)21-13-31-22(12-30)37-21/h2-3,9,13,15,17-18,35H,1,4-8,10-12,14,30H2,(H,32,36)/t15?,17-,18+,24+/m0/s1. The maximum atomic E-state index is 13.8. The third-order valence-electron chi connectivity index (χ3n) is 7.95. The molecule has 0 bridgehead atoms. The molecule has 2 aliphatic carbocycles. The summed E-state index contributed by atoms with van der Waals surface area (Å²) in [5.74, 6) is -0.954. The van der Waals surface area contributed by atoms with Crippen molar-refractivity contribution in [3.8, 4) is 0 Å². The van der Waals surface area contributed by atoms with Gasteiger partial charge in [-0.2, -0.15) is 13.2 Å². The van der Waals surface area contributed by atoms with Crippen molar-refractivity contribution in [2.24, 2.45) is 11.7 Å². The van der Waals surface area contributed by atoms with E-state index in [2.05, 4.69) is 15.2 Å². The quantitative estimate of drug-likeness (QED) is 0.436. The summed E-state index contributed by atoms with van der Waals surface area (Å²) in [5.41, 5.74) is 4.21. The Morgan fingerprint density at radius 2 is 2.16 bits per heavy atom. The summed E-state index contributed by atoms with van der Waals surface area (Å²) in [7, 11) is 0. The van der Waals surface area contributed by atoms with Crippen molar-refractivity contribution in [1.29, 1.82) is 0 Å². The topological polar surface area (TPSA) is 94.7 Å². The first-order chi connectivity index (χ1) is 17.6. The number of likely N-dealkylation sites (tertiary alicyclic amines) is 1. The maximum Gasteiger partial charge on any atom is 0.419 e. The molecule has 12 heteroatoms. The number of alkyl halides is 3. The molecule has 2 saturated carbocycles. The molecule has 3 fully saturated rings. The van der Waals surface area contributed by atoms with Crippen LogP contribution in [-0.2, 0) is 18.1 Å². The van der Waals surface area contributed by atoms with Gasteiger partial charge >= 0.3 is 12.2 Å². The highest BCUT2D eigenvalue weighted by atomic mass is 32.1. The number of thiazole rings is 1. The fourth-order valence-electron chi connectivity index (χ4n) is 5.99. The van der Waals surface area contributed by atoms with Gasteiger partial charge in [0.05, 0.1) is 11.7 Å². The van der Waals surface area contributed by atoms with Crippen LogP contribution in [-0.4, -0.2) is 64.2 Å². The number of hydrogen-bond donors (Lipinski definition) is 3. The largest absolute Gasteiger partial charge is 0.419 e.